The van der Waals surface area contributed by atoms with E-state index in [4.69, 9.17) is 9.47 Å². The molecule has 0 atom stereocenters. The second-order valence-corrected chi connectivity index (χ2v) is 9.26. The molecule has 0 spiro atoms. The quantitative estimate of drug-likeness (QED) is 0.138. The summed E-state index contributed by atoms with van der Waals surface area (Å²) in [6, 6.07) is 31.0. The highest BCUT2D eigenvalue weighted by Crippen LogP contribution is 2.25. The molecule has 0 aliphatic rings. The molecule has 200 valence electrons. The minimum absolute atomic E-state index is 0.554. The van der Waals surface area contributed by atoms with Crippen LogP contribution in [-0.4, -0.2) is 41.4 Å². The average molecular weight is 523 g/mol. The van der Waals surface area contributed by atoms with Crippen molar-refractivity contribution in [2.24, 2.45) is 20.5 Å². The van der Waals surface area contributed by atoms with Crippen LogP contribution in [0.3, 0.4) is 0 Å². The third-order valence-electron chi connectivity index (χ3n) is 5.79. The highest BCUT2D eigenvalue weighted by atomic mass is 16.5. The number of azo groups is 2. The molecule has 0 aliphatic carbocycles. The van der Waals surface area contributed by atoms with Crippen LogP contribution in [0.5, 0.6) is 11.5 Å². The zero-order valence-electron chi connectivity index (χ0n) is 22.9. The van der Waals surface area contributed by atoms with Crippen LogP contribution < -0.4 is 19.3 Å². The van der Waals surface area contributed by atoms with Gasteiger partial charge >= 0.3 is 0 Å². The number of anilines is 2. The molecule has 0 heterocycles. The first-order valence-corrected chi connectivity index (χ1v) is 12.8. The molecule has 8 heteroatoms. The van der Waals surface area contributed by atoms with E-state index < -0.39 is 0 Å². The fourth-order valence-electron chi connectivity index (χ4n) is 3.52. The molecule has 0 unspecified atom stereocenters. The molecule has 0 bridgehead atoms. The van der Waals surface area contributed by atoms with Crippen molar-refractivity contribution in [3.8, 4) is 11.5 Å². The van der Waals surface area contributed by atoms with Gasteiger partial charge in [0.15, 0.2) is 0 Å². The Bertz CT molecular complexity index is 1240. The molecule has 0 saturated carbocycles. The highest BCUT2D eigenvalue weighted by Gasteiger charge is 2.00. The van der Waals surface area contributed by atoms with Gasteiger partial charge < -0.3 is 19.3 Å². The lowest BCUT2D eigenvalue weighted by atomic mass is 10.3. The number of benzene rings is 4. The van der Waals surface area contributed by atoms with Gasteiger partial charge in [0.1, 0.15) is 11.5 Å². The van der Waals surface area contributed by atoms with E-state index in [9.17, 15) is 0 Å². The van der Waals surface area contributed by atoms with Gasteiger partial charge in [-0.25, -0.2) is 0 Å². The predicted octanol–water partition coefficient (Wildman–Crippen LogP) is 8.50. The van der Waals surface area contributed by atoms with Crippen molar-refractivity contribution in [1.29, 1.82) is 0 Å². The van der Waals surface area contributed by atoms with Crippen molar-refractivity contribution < 1.29 is 9.47 Å². The van der Waals surface area contributed by atoms with Gasteiger partial charge in [-0.15, -0.1) is 0 Å². The van der Waals surface area contributed by atoms with Crippen LogP contribution in [0.2, 0.25) is 0 Å². The third kappa shape index (κ3) is 8.67. The molecular weight excluding hydrogens is 488 g/mol. The molecule has 4 aromatic carbocycles. The first-order valence-electron chi connectivity index (χ1n) is 12.8. The van der Waals surface area contributed by atoms with Gasteiger partial charge in [0.25, 0.3) is 0 Å². The molecular formula is C31H34N6O2. The van der Waals surface area contributed by atoms with Crippen molar-refractivity contribution in [2.75, 3.05) is 51.2 Å². The lowest BCUT2D eigenvalue weighted by molar-refractivity contribution is 0.247. The standard InChI is InChI=1S/C31H34N6O2/c1-36(2)28-14-6-24(7-15-28)32-34-26-10-18-30(19-11-26)38-22-5-23-39-31-20-12-27(13-21-31)35-33-25-8-16-29(17-9-25)37(3)4/h6-21H,5,22-23H2,1-4H3. The van der Waals surface area contributed by atoms with Crippen LogP contribution in [0, 0.1) is 0 Å². The first kappa shape index (κ1) is 27.3. The maximum absolute atomic E-state index is 5.82. The average Bonchev–Trinajstić information content (AvgIpc) is 2.96. The lowest BCUT2D eigenvalue weighted by Crippen LogP contribution is -2.07. The summed E-state index contributed by atoms with van der Waals surface area (Å²) >= 11 is 0. The molecule has 0 saturated heterocycles. The topological polar surface area (TPSA) is 74.4 Å². The lowest BCUT2D eigenvalue weighted by Gasteiger charge is -2.11. The largest absolute Gasteiger partial charge is 0.493 e. The van der Waals surface area contributed by atoms with E-state index in [-0.39, 0.29) is 0 Å². The molecule has 4 rings (SSSR count). The molecule has 4 aromatic rings. The van der Waals surface area contributed by atoms with E-state index in [0.29, 0.717) is 13.2 Å². The number of nitrogens with zero attached hydrogens (tertiary/aromatic N) is 6. The van der Waals surface area contributed by atoms with E-state index in [1.165, 1.54) is 0 Å². The van der Waals surface area contributed by atoms with Gasteiger partial charge in [0.2, 0.25) is 0 Å². The van der Waals surface area contributed by atoms with Crippen LogP contribution in [0.25, 0.3) is 0 Å². The fraction of sp³-hybridized carbons (Fsp3) is 0.226. The second kappa shape index (κ2) is 13.7. The van der Waals surface area contributed by atoms with E-state index in [1.807, 2.05) is 135 Å². The zero-order chi connectivity index (χ0) is 27.5. The second-order valence-electron chi connectivity index (χ2n) is 9.26. The summed E-state index contributed by atoms with van der Waals surface area (Å²) in [5.41, 5.74) is 5.41. The van der Waals surface area contributed by atoms with Gasteiger partial charge in [0.05, 0.1) is 36.0 Å². The van der Waals surface area contributed by atoms with Crippen LogP contribution in [0.4, 0.5) is 34.1 Å². The Hall–Kier alpha value is -4.72. The van der Waals surface area contributed by atoms with Crippen molar-refractivity contribution in [2.45, 2.75) is 6.42 Å². The Morgan fingerprint density at radius 1 is 0.436 bits per heavy atom. The minimum Gasteiger partial charge on any atom is -0.493 e. The number of rotatable bonds is 12. The van der Waals surface area contributed by atoms with Gasteiger partial charge in [-0.3, -0.25) is 0 Å². The summed E-state index contributed by atoms with van der Waals surface area (Å²) in [5, 5.41) is 17.2. The Labute approximate surface area is 230 Å². The first-order chi connectivity index (χ1) is 19.0. The van der Waals surface area contributed by atoms with Gasteiger partial charge in [-0.2, -0.15) is 20.5 Å². The summed E-state index contributed by atoms with van der Waals surface area (Å²) in [6.45, 7) is 1.11. The molecule has 0 N–H and O–H groups in total. The van der Waals surface area contributed by atoms with Crippen LogP contribution in [-0.2, 0) is 0 Å². The van der Waals surface area contributed by atoms with Crippen molar-refractivity contribution in [1.82, 2.24) is 0 Å². The summed E-state index contributed by atoms with van der Waals surface area (Å²) < 4.78 is 11.6. The van der Waals surface area contributed by atoms with Crippen LogP contribution in [0.15, 0.2) is 118 Å². The Morgan fingerprint density at radius 2 is 0.718 bits per heavy atom. The number of ether oxygens (including phenoxy) is 2. The van der Waals surface area contributed by atoms with Crippen molar-refractivity contribution in [3.63, 3.8) is 0 Å². The summed E-state index contributed by atoms with van der Waals surface area (Å²) in [5.74, 6) is 1.57. The van der Waals surface area contributed by atoms with Crippen molar-refractivity contribution in [3.05, 3.63) is 97.1 Å². The third-order valence-corrected chi connectivity index (χ3v) is 5.79. The Morgan fingerprint density at radius 3 is 1.00 bits per heavy atom. The maximum atomic E-state index is 5.82. The van der Waals surface area contributed by atoms with E-state index in [2.05, 4.69) is 20.5 Å². The van der Waals surface area contributed by atoms with Crippen LogP contribution >= 0.6 is 0 Å². The molecule has 39 heavy (non-hydrogen) atoms. The summed E-state index contributed by atoms with van der Waals surface area (Å²) in [4.78, 5) is 4.09. The maximum Gasteiger partial charge on any atom is 0.119 e. The Kier molecular flexibility index (Phi) is 9.61. The summed E-state index contributed by atoms with van der Waals surface area (Å²) in [7, 11) is 8.03. The number of hydrogen-bond acceptors (Lipinski definition) is 8. The SMILES string of the molecule is CN(C)c1ccc(N=Nc2ccc(OCCCOc3ccc(N=Nc4ccc(N(C)C)cc4)cc3)cc2)cc1. The number of hydrogen-bond donors (Lipinski definition) is 0. The molecule has 0 aliphatic heterocycles. The van der Waals surface area contributed by atoms with E-state index in [0.717, 1.165) is 52.0 Å². The molecule has 0 aromatic heterocycles. The summed E-state index contributed by atoms with van der Waals surface area (Å²) in [6.07, 6.45) is 0.759. The zero-order valence-corrected chi connectivity index (χ0v) is 22.9. The molecule has 0 radical (unpaired) electrons. The van der Waals surface area contributed by atoms with E-state index >= 15 is 0 Å². The molecule has 0 fully saturated rings. The molecule has 8 nitrogen and oxygen atoms in total. The van der Waals surface area contributed by atoms with Gasteiger partial charge in [-0.1, -0.05) is 0 Å². The van der Waals surface area contributed by atoms with Crippen LogP contribution in [0.1, 0.15) is 6.42 Å². The van der Waals surface area contributed by atoms with E-state index in [1.54, 1.807) is 0 Å². The fourth-order valence-corrected chi connectivity index (χ4v) is 3.52. The molecule has 0 amide bonds. The minimum atomic E-state index is 0.554. The normalized spacial score (nSPS) is 11.2. The smallest absolute Gasteiger partial charge is 0.119 e. The van der Waals surface area contributed by atoms with Gasteiger partial charge in [-0.05, 0) is 97.1 Å². The predicted molar refractivity (Wildman–Crippen MR) is 158 cm³/mol. The van der Waals surface area contributed by atoms with Gasteiger partial charge in [0, 0.05) is 46.0 Å². The Balaban J connectivity index is 1.15. The highest BCUT2D eigenvalue weighted by molar-refractivity contribution is 5.53. The monoisotopic (exact) mass is 522 g/mol. The van der Waals surface area contributed by atoms with Crippen molar-refractivity contribution >= 4 is 34.1 Å².